The summed E-state index contributed by atoms with van der Waals surface area (Å²) in [5, 5.41) is 14.8. The number of rotatable bonds is 4. The van der Waals surface area contributed by atoms with E-state index in [1.807, 2.05) is 35.4 Å². The Hall–Kier alpha value is -1.99. The molecule has 4 heterocycles. The molecule has 1 atom stereocenters. The Bertz CT molecular complexity index is 786. The molecule has 1 aliphatic rings. The lowest BCUT2D eigenvalue weighted by Crippen LogP contribution is -2.35. The van der Waals surface area contributed by atoms with E-state index in [9.17, 15) is 0 Å². The van der Waals surface area contributed by atoms with Crippen LogP contribution in [0.5, 0.6) is 0 Å². The third kappa shape index (κ3) is 3.01. The second-order valence-corrected chi connectivity index (χ2v) is 7.30. The molecule has 3 aromatic rings. The molecule has 0 saturated carbocycles. The third-order valence-electron chi connectivity index (χ3n) is 4.80. The monoisotopic (exact) mass is 343 g/mol. The van der Waals surface area contributed by atoms with Crippen LogP contribution in [-0.2, 0) is 7.05 Å². The smallest absolute Gasteiger partial charge is 0.257 e. The van der Waals surface area contributed by atoms with E-state index < -0.39 is 0 Å². The first-order valence-electron chi connectivity index (χ1n) is 8.30. The standard InChI is InChI=1S/C17H21N5OS/c1-12(16-19-20-17(23-16)15-4-3-9-24-15)22-7-5-13(6-8-22)14-10-18-21(2)11-14/h3-4,9-13H,5-8H2,1-2H3/t12-/m1/s1. The molecule has 1 aliphatic heterocycles. The van der Waals surface area contributed by atoms with Crippen LogP contribution in [0, 0.1) is 0 Å². The highest BCUT2D eigenvalue weighted by atomic mass is 32.1. The Labute approximate surface area is 145 Å². The number of likely N-dealkylation sites (tertiary alicyclic amines) is 1. The summed E-state index contributed by atoms with van der Waals surface area (Å²) >= 11 is 1.62. The van der Waals surface area contributed by atoms with Gasteiger partial charge in [0, 0.05) is 13.2 Å². The summed E-state index contributed by atoms with van der Waals surface area (Å²) in [6.07, 6.45) is 6.41. The summed E-state index contributed by atoms with van der Waals surface area (Å²) in [6.45, 7) is 4.23. The van der Waals surface area contributed by atoms with Crippen molar-refractivity contribution in [3.05, 3.63) is 41.4 Å². The van der Waals surface area contributed by atoms with E-state index in [1.165, 1.54) is 5.56 Å². The van der Waals surface area contributed by atoms with Gasteiger partial charge in [0.1, 0.15) is 0 Å². The molecule has 1 saturated heterocycles. The minimum absolute atomic E-state index is 0.154. The maximum atomic E-state index is 5.89. The summed E-state index contributed by atoms with van der Waals surface area (Å²) in [7, 11) is 1.97. The summed E-state index contributed by atoms with van der Waals surface area (Å²) in [4.78, 5) is 3.45. The van der Waals surface area contributed by atoms with Crippen LogP contribution in [-0.4, -0.2) is 38.0 Å². The van der Waals surface area contributed by atoms with E-state index in [2.05, 4.69) is 33.3 Å². The predicted octanol–water partition coefficient (Wildman–Crippen LogP) is 3.47. The summed E-state index contributed by atoms with van der Waals surface area (Å²) in [5.74, 6) is 1.93. The number of hydrogen-bond donors (Lipinski definition) is 0. The maximum absolute atomic E-state index is 5.89. The summed E-state index contributed by atoms with van der Waals surface area (Å²) in [6, 6.07) is 4.16. The van der Waals surface area contributed by atoms with Crippen LogP contribution in [0.2, 0.25) is 0 Å². The van der Waals surface area contributed by atoms with Gasteiger partial charge in [-0.2, -0.15) is 5.10 Å². The van der Waals surface area contributed by atoms with Gasteiger partial charge in [-0.1, -0.05) is 6.07 Å². The fourth-order valence-corrected chi connectivity index (χ4v) is 3.97. The fraction of sp³-hybridized carbons (Fsp3) is 0.471. The highest BCUT2D eigenvalue weighted by Gasteiger charge is 2.28. The lowest BCUT2D eigenvalue weighted by Gasteiger charge is -2.34. The van der Waals surface area contributed by atoms with Crippen molar-refractivity contribution in [3.63, 3.8) is 0 Å². The van der Waals surface area contributed by atoms with Gasteiger partial charge in [0.05, 0.1) is 17.1 Å². The molecule has 1 fully saturated rings. The molecule has 0 unspecified atom stereocenters. The van der Waals surface area contributed by atoms with Crippen LogP contribution in [0.15, 0.2) is 34.3 Å². The van der Waals surface area contributed by atoms with Crippen LogP contribution < -0.4 is 0 Å². The molecule has 3 aromatic heterocycles. The Morgan fingerprint density at radius 1 is 1.29 bits per heavy atom. The van der Waals surface area contributed by atoms with Gasteiger partial charge < -0.3 is 4.42 Å². The predicted molar refractivity (Wildman–Crippen MR) is 92.8 cm³/mol. The normalized spacial score (nSPS) is 18.1. The number of aryl methyl sites for hydroxylation is 1. The largest absolute Gasteiger partial charge is 0.418 e. The molecule has 0 N–H and O–H groups in total. The second kappa shape index (κ2) is 6.49. The van der Waals surface area contributed by atoms with Gasteiger partial charge >= 0.3 is 0 Å². The first-order chi connectivity index (χ1) is 11.7. The van der Waals surface area contributed by atoms with Crippen LogP contribution in [0.1, 0.15) is 43.2 Å². The first-order valence-corrected chi connectivity index (χ1v) is 9.18. The Morgan fingerprint density at radius 2 is 2.12 bits per heavy atom. The van der Waals surface area contributed by atoms with E-state index in [1.54, 1.807) is 11.3 Å². The highest BCUT2D eigenvalue weighted by molar-refractivity contribution is 7.13. The molecule has 0 amide bonds. The number of nitrogens with zero attached hydrogens (tertiary/aromatic N) is 5. The SMILES string of the molecule is C[C@H](c1nnc(-c2cccs2)o1)N1CCC(c2cnn(C)c2)CC1. The van der Waals surface area contributed by atoms with Gasteiger partial charge in [-0.3, -0.25) is 9.58 Å². The van der Waals surface area contributed by atoms with Gasteiger partial charge in [0.2, 0.25) is 5.89 Å². The molecule has 0 radical (unpaired) electrons. The highest BCUT2D eigenvalue weighted by Crippen LogP contribution is 2.32. The van der Waals surface area contributed by atoms with Crippen molar-refractivity contribution in [1.29, 1.82) is 0 Å². The fourth-order valence-electron chi connectivity index (χ4n) is 3.33. The molecule has 126 valence electrons. The van der Waals surface area contributed by atoms with E-state index in [0.29, 0.717) is 17.7 Å². The lowest BCUT2D eigenvalue weighted by atomic mass is 9.91. The van der Waals surface area contributed by atoms with Crippen molar-refractivity contribution in [2.75, 3.05) is 13.1 Å². The van der Waals surface area contributed by atoms with E-state index >= 15 is 0 Å². The van der Waals surface area contributed by atoms with Crippen LogP contribution in [0.25, 0.3) is 10.8 Å². The summed E-state index contributed by atoms with van der Waals surface area (Å²) in [5.41, 5.74) is 1.35. The zero-order chi connectivity index (χ0) is 16.5. The van der Waals surface area contributed by atoms with Crippen molar-refractivity contribution in [3.8, 4) is 10.8 Å². The van der Waals surface area contributed by atoms with E-state index in [0.717, 1.165) is 30.8 Å². The van der Waals surface area contributed by atoms with Crippen molar-refractivity contribution >= 4 is 11.3 Å². The van der Waals surface area contributed by atoms with Crippen molar-refractivity contribution in [2.45, 2.75) is 31.7 Å². The van der Waals surface area contributed by atoms with Crippen LogP contribution >= 0.6 is 11.3 Å². The lowest BCUT2D eigenvalue weighted by molar-refractivity contribution is 0.143. The topological polar surface area (TPSA) is 60.0 Å². The minimum Gasteiger partial charge on any atom is -0.418 e. The summed E-state index contributed by atoms with van der Waals surface area (Å²) < 4.78 is 7.77. The van der Waals surface area contributed by atoms with Crippen molar-refractivity contribution < 1.29 is 4.42 Å². The molecular weight excluding hydrogens is 322 g/mol. The Kier molecular flexibility index (Phi) is 4.20. The first kappa shape index (κ1) is 15.5. The zero-order valence-electron chi connectivity index (χ0n) is 13.9. The quantitative estimate of drug-likeness (QED) is 0.726. The van der Waals surface area contributed by atoms with Gasteiger partial charge in [-0.15, -0.1) is 21.5 Å². The van der Waals surface area contributed by atoms with E-state index in [4.69, 9.17) is 4.42 Å². The zero-order valence-corrected chi connectivity index (χ0v) is 14.7. The third-order valence-corrected chi connectivity index (χ3v) is 5.66. The molecular formula is C17H21N5OS. The second-order valence-electron chi connectivity index (χ2n) is 6.36. The average Bonchev–Trinajstić information content (AvgIpc) is 3.35. The van der Waals surface area contributed by atoms with Gasteiger partial charge in [-0.05, 0) is 55.8 Å². The molecule has 6 nitrogen and oxygen atoms in total. The number of hydrogen-bond acceptors (Lipinski definition) is 6. The average molecular weight is 343 g/mol. The van der Waals surface area contributed by atoms with Crippen LogP contribution in [0.3, 0.4) is 0 Å². The van der Waals surface area contributed by atoms with E-state index in [-0.39, 0.29) is 6.04 Å². The van der Waals surface area contributed by atoms with Gasteiger partial charge in [0.15, 0.2) is 0 Å². The molecule has 0 spiro atoms. The number of thiophene rings is 1. The molecule has 7 heteroatoms. The molecule has 0 aliphatic carbocycles. The minimum atomic E-state index is 0.154. The molecule has 24 heavy (non-hydrogen) atoms. The Morgan fingerprint density at radius 3 is 2.79 bits per heavy atom. The molecule has 0 bridgehead atoms. The molecule has 4 rings (SSSR count). The van der Waals surface area contributed by atoms with Crippen molar-refractivity contribution in [1.82, 2.24) is 24.9 Å². The van der Waals surface area contributed by atoms with Crippen molar-refractivity contribution in [2.24, 2.45) is 7.05 Å². The van der Waals surface area contributed by atoms with Gasteiger partial charge in [0.25, 0.3) is 5.89 Å². The number of piperidine rings is 1. The van der Waals surface area contributed by atoms with Gasteiger partial charge in [-0.25, -0.2) is 0 Å². The Balaban J connectivity index is 1.40. The maximum Gasteiger partial charge on any atom is 0.257 e. The number of aromatic nitrogens is 4. The molecule has 0 aromatic carbocycles. The van der Waals surface area contributed by atoms with Crippen LogP contribution in [0.4, 0.5) is 0 Å².